The molecule has 3 rings (SSSR count). The number of ether oxygens (including phenoxy) is 1. The van der Waals surface area contributed by atoms with Crippen LogP contribution in [0.15, 0.2) is 24.3 Å². The molecule has 0 aromatic heterocycles. The number of benzene rings is 1. The number of methoxy groups -OCH3 is 1. The van der Waals surface area contributed by atoms with Crippen molar-refractivity contribution in [2.24, 2.45) is 0 Å². The van der Waals surface area contributed by atoms with Crippen LogP contribution >= 0.6 is 0 Å². The molecule has 1 atom stereocenters. The van der Waals surface area contributed by atoms with Gasteiger partial charge in [0, 0.05) is 31.2 Å². The van der Waals surface area contributed by atoms with Gasteiger partial charge in [-0.1, -0.05) is 31.0 Å². The predicted molar refractivity (Wildman–Crippen MR) is 93.4 cm³/mol. The number of carbonyl (C=O) groups is 1. The lowest BCUT2D eigenvalue weighted by Gasteiger charge is -2.30. The maximum absolute atomic E-state index is 12.0. The average molecular weight is 332 g/mol. The summed E-state index contributed by atoms with van der Waals surface area (Å²) in [6.07, 6.45) is 6.30. The third kappa shape index (κ3) is 3.73. The van der Waals surface area contributed by atoms with Crippen LogP contribution in [0.1, 0.15) is 43.7 Å². The molecule has 1 heterocycles. The Morgan fingerprint density at radius 2 is 1.88 bits per heavy atom. The molecule has 0 bridgehead atoms. The molecule has 0 amide bonds. The summed E-state index contributed by atoms with van der Waals surface area (Å²) in [6, 6.07) is 7.55. The van der Waals surface area contributed by atoms with Crippen molar-refractivity contribution in [2.75, 3.05) is 33.3 Å². The van der Waals surface area contributed by atoms with Crippen molar-refractivity contribution in [1.82, 2.24) is 9.80 Å². The number of aliphatic carboxylic acids is 1. The van der Waals surface area contributed by atoms with E-state index < -0.39 is 12.0 Å². The number of hydrogen-bond donors (Lipinski definition) is 1. The Labute approximate surface area is 144 Å². The molecule has 1 saturated carbocycles. The van der Waals surface area contributed by atoms with E-state index in [4.69, 9.17) is 4.74 Å². The third-order valence-corrected chi connectivity index (χ3v) is 5.44. The molecule has 0 unspecified atom stereocenters. The van der Waals surface area contributed by atoms with E-state index in [-0.39, 0.29) is 0 Å². The van der Waals surface area contributed by atoms with Gasteiger partial charge in [-0.25, -0.2) is 0 Å². The van der Waals surface area contributed by atoms with Gasteiger partial charge < -0.3 is 9.84 Å². The Balaban J connectivity index is 1.75. The summed E-state index contributed by atoms with van der Waals surface area (Å²) in [7, 11) is 1.60. The van der Waals surface area contributed by atoms with Crippen molar-refractivity contribution >= 4 is 5.97 Å². The number of carboxylic acid groups (broad SMARTS) is 1. The largest absolute Gasteiger partial charge is 0.496 e. The Kier molecular flexibility index (Phi) is 5.74. The van der Waals surface area contributed by atoms with E-state index in [1.54, 1.807) is 7.11 Å². The topological polar surface area (TPSA) is 53.0 Å². The van der Waals surface area contributed by atoms with Crippen molar-refractivity contribution in [3.8, 4) is 5.75 Å². The Bertz CT molecular complexity index is 557. The summed E-state index contributed by atoms with van der Waals surface area (Å²) in [5.41, 5.74) is 0.752. The highest BCUT2D eigenvalue weighted by atomic mass is 16.5. The molecular formula is C19H28N2O3. The Morgan fingerprint density at radius 1 is 1.12 bits per heavy atom. The van der Waals surface area contributed by atoms with Crippen molar-refractivity contribution in [3.63, 3.8) is 0 Å². The first-order valence-electron chi connectivity index (χ1n) is 9.04. The zero-order valence-corrected chi connectivity index (χ0v) is 14.5. The quantitative estimate of drug-likeness (QED) is 0.898. The summed E-state index contributed by atoms with van der Waals surface area (Å²) in [4.78, 5) is 16.7. The van der Waals surface area contributed by atoms with Crippen LogP contribution in [0.2, 0.25) is 0 Å². The minimum Gasteiger partial charge on any atom is -0.496 e. The Hall–Kier alpha value is -1.59. The lowest BCUT2D eigenvalue weighted by Crippen LogP contribution is -2.39. The first-order chi connectivity index (χ1) is 11.7. The van der Waals surface area contributed by atoms with Gasteiger partial charge in [-0.05, 0) is 31.9 Å². The SMILES string of the molecule is COc1ccccc1[C@H](C(=O)O)N1CCCN(C2CCCC2)CC1. The van der Waals surface area contributed by atoms with E-state index in [0.29, 0.717) is 11.8 Å². The zero-order valence-electron chi connectivity index (χ0n) is 14.5. The Morgan fingerprint density at radius 3 is 2.58 bits per heavy atom. The van der Waals surface area contributed by atoms with Gasteiger partial charge in [0.05, 0.1) is 7.11 Å². The van der Waals surface area contributed by atoms with Gasteiger partial charge in [0.2, 0.25) is 0 Å². The molecule has 5 heteroatoms. The summed E-state index contributed by atoms with van der Waals surface area (Å²) in [6.45, 7) is 3.66. The fraction of sp³-hybridized carbons (Fsp3) is 0.632. The van der Waals surface area contributed by atoms with E-state index in [1.165, 1.54) is 25.7 Å². The van der Waals surface area contributed by atoms with Crippen LogP contribution in [0.4, 0.5) is 0 Å². The van der Waals surface area contributed by atoms with Gasteiger partial charge >= 0.3 is 5.97 Å². The van der Waals surface area contributed by atoms with Gasteiger partial charge in [-0.15, -0.1) is 0 Å². The van der Waals surface area contributed by atoms with Crippen molar-refractivity contribution in [1.29, 1.82) is 0 Å². The summed E-state index contributed by atoms with van der Waals surface area (Å²) in [5, 5.41) is 9.86. The molecule has 2 fully saturated rings. The second-order valence-corrected chi connectivity index (χ2v) is 6.85. The number of nitrogens with zero attached hydrogens (tertiary/aromatic N) is 2. The highest BCUT2D eigenvalue weighted by molar-refractivity contribution is 5.76. The molecule has 1 saturated heterocycles. The molecule has 1 N–H and O–H groups in total. The second kappa shape index (κ2) is 7.99. The minimum atomic E-state index is -0.797. The summed E-state index contributed by atoms with van der Waals surface area (Å²) >= 11 is 0. The van der Waals surface area contributed by atoms with Gasteiger partial charge in [-0.3, -0.25) is 14.6 Å². The smallest absolute Gasteiger partial charge is 0.325 e. The van der Waals surface area contributed by atoms with Crippen LogP contribution in [-0.4, -0.2) is 60.2 Å². The standard InChI is InChI=1S/C19H28N2O3/c1-24-17-10-5-4-9-16(17)18(19(22)23)21-12-6-11-20(13-14-21)15-7-2-3-8-15/h4-5,9-10,15,18H,2-3,6-8,11-14H2,1H3,(H,22,23)/t18-/m1/s1. The van der Waals surface area contributed by atoms with E-state index >= 15 is 0 Å². The minimum absolute atomic E-state index is 0.635. The second-order valence-electron chi connectivity index (χ2n) is 6.85. The maximum atomic E-state index is 12.0. The van der Waals surface area contributed by atoms with E-state index in [0.717, 1.165) is 38.2 Å². The lowest BCUT2D eigenvalue weighted by molar-refractivity contribution is -0.143. The fourth-order valence-electron chi connectivity index (χ4n) is 4.23. The van der Waals surface area contributed by atoms with Gasteiger partial charge in [0.25, 0.3) is 0 Å². The molecule has 0 spiro atoms. The van der Waals surface area contributed by atoms with Gasteiger partial charge in [0.15, 0.2) is 0 Å². The zero-order chi connectivity index (χ0) is 16.9. The van der Waals surface area contributed by atoms with Crippen LogP contribution in [0.25, 0.3) is 0 Å². The molecule has 24 heavy (non-hydrogen) atoms. The van der Waals surface area contributed by atoms with E-state index in [9.17, 15) is 9.90 Å². The van der Waals surface area contributed by atoms with Crippen LogP contribution < -0.4 is 4.74 Å². The molecule has 2 aliphatic rings. The molecule has 0 radical (unpaired) electrons. The fourth-order valence-corrected chi connectivity index (χ4v) is 4.23. The van der Waals surface area contributed by atoms with Crippen LogP contribution in [0.5, 0.6) is 5.75 Å². The molecule has 1 aromatic rings. The highest BCUT2D eigenvalue weighted by Gasteiger charge is 2.32. The van der Waals surface area contributed by atoms with Crippen molar-refractivity contribution in [2.45, 2.75) is 44.2 Å². The highest BCUT2D eigenvalue weighted by Crippen LogP contribution is 2.31. The predicted octanol–water partition coefficient (Wildman–Crippen LogP) is 2.77. The normalized spacial score (nSPS) is 22.2. The molecular weight excluding hydrogens is 304 g/mol. The van der Waals surface area contributed by atoms with E-state index in [2.05, 4.69) is 9.80 Å². The van der Waals surface area contributed by atoms with Crippen molar-refractivity contribution < 1.29 is 14.6 Å². The average Bonchev–Trinajstić information content (AvgIpc) is 3.02. The summed E-state index contributed by atoms with van der Waals surface area (Å²) in [5.74, 6) is -0.143. The monoisotopic (exact) mass is 332 g/mol. The molecule has 1 aliphatic heterocycles. The molecule has 5 nitrogen and oxygen atoms in total. The third-order valence-electron chi connectivity index (χ3n) is 5.44. The van der Waals surface area contributed by atoms with Crippen molar-refractivity contribution in [3.05, 3.63) is 29.8 Å². The molecule has 132 valence electrons. The molecule has 1 aliphatic carbocycles. The summed E-state index contributed by atoms with van der Waals surface area (Å²) < 4.78 is 5.40. The number of hydrogen-bond acceptors (Lipinski definition) is 4. The number of rotatable bonds is 5. The molecule has 1 aromatic carbocycles. The van der Waals surface area contributed by atoms with Crippen LogP contribution in [0.3, 0.4) is 0 Å². The first-order valence-corrected chi connectivity index (χ1v) is 9.04. The van der Waals surface area contributed by atoms with Gasteiger partial charge in [0.1, 0.15) is 11.8 Å². The lowest BCUT2D eigenvalue weighted by atomic mass is 10.0. The maximum Gasteiger partial charge on any atom is 0.325 e. The van der Waals surface area contributed by atoms with Gasteiger partial charge in [-0.2, -0.15) is 0 Å². The number of carboxylic acids is 1. The number of para-hydroxylation sites is 1. The van der Waals surface area contributed by atoms with Crippen LogP contribution in [-0.2, 0) is 4.79 Å². The first kappa shape index (κ1) is 17.2. The van der Waals surface area contributed by atoms with E-state index in [1.807, 2.05) is 24.3 Å². The van der Waals surface area contributed by atoms with Crippen LogP contribution in [0, 0.1) is 0 Å².